The van der Waals surface area contributed by atoms with Gasteiger partial charge in [-0.15, -0.1) is 0 Å². The first-order chi connectivity index (χ1) is 7.25. The molecule has 2 N–H and O–H groups in total. The highest BCUT2D eigenvalue weighted by atomic mass is 16.3. The zero-order valence-electron chi connectivity index (χ0n) is 9.32. The molecule has 5 atom stereocenters. The van der Waals surface area contributed by atoms with Gasteiger partial charge in [0, 0.05) is 24.3 Å². The van der Waals surface area contributed by atoms with E-state index >= 15 is 0 Å². The van der Waals surface area contributed by atoms with Gasteiger partial charge in [0.1, 0.15) is 0 Å². The predicted octanol–water partition coefficient (Wildman–Crippen LogP) is 0.969. The molecule has 2 fully saturated rings. The first kappa shape index (κ1) is 9.79. The average molecular weight is 208 g/mol. The van der Waals surface area contributed by atoms with Crippen LogP contribution in [0.25, 0.3) is 0 Å². The van der Waals surface area contributed by atoms with E-state index in [9.17, 15) is 5.11 Å². The number of aliphatic hydroxyl groups excluding tert-OH is 1. The highest BCUT2D eigenvalue weighted by Crippen LogP contribution is 2.41. The third-order valence-electron chi connectivity index (χ3n) is 4.52. The second-order valence-electron chi connectivity index (χ2n) is 5.36. The van der Waals surface area contributed by atoms with E-state index in [1.54, 1.807) is 0 Å². The van der Waals surface area contributed by atoms with Crippen LogP contribution in [0.1, 0.15) is 32.6 Å². The van der Waals surface area contributed by atoms with Gasteiger partial charge in [0.05, 0.1) is 6.10 Å². The van der Waals surface area contributed by atoms with E-state index in [1.165, 1.54) is 18.6 Å². The van der Waals surface area contributed by atoms with Crippen molar-refractivity contribution in [3.05, 3.63) is 0 Å². The Morgan fingerprint density at radius 1 is 1.27 bits per heavy atom. The molecule has 2 heterocycles. The number of aliphatic imine (C=N–C) groups is 1. The van der Waals surface area contributed by atoms with E-state index in [-0.39, 0.29) is 6.10 Å². The molecular formula is C12H20N2O. The minimum absolute atomic E-state index is 0.0730. The number of hydrogen-bond donors (Lipinski definition) is 2. The lowest BCUT2D eigenvalue weighted by Crippen LogP contribution is -2.40. The van der Waals surface area contributed by atoms with Crippen LogP contribution in [0.15, 0.2) is 4.99 Å². The summed E-state index contributed by atoms with van der Waals surface area (Å²) in [6.45, 7) is 3.16. The standard InChI is InChI=1S/C12H20N2O/c1-7-12-10(4-5-13-7)9-3-2-8(15)6-11(9)14-12/h8-12,14-15H,2-6H2,1H3. The molecule has 1 aliphatic carbocycles. The van der Waals surface area contributed by atoms with E-state index in [2.05, 4.69) is 17.2 Å². The molecule has 0 spiro atoms. The van der Waals surface area contributed by atoms with Crippen LogP contribution in [0, 0.1) is 11.8 Å². The summed E-state index contributed by atoms with van der Waals surface area (Å²) in [5, 5.41) is 13.4. The quantitative estimate of drug-likeness (QED) is 0.623. The molecule has 84 valence electrons. The van der Waals surface area contributed by atoms with Gasteiger partial charge in [0.15, 0.2) is 0 Å². The summed E-state index contributed by atoms with van der Waals surface area (Å²) in [5.74, 6) is 1.59. The number of nitrogens with one attached hydrogen (secondary N) is 1. The Morgan fingerprint density at radius 2 is 2.13 bits per heavy atom. The molecule has 0 radical (unpaired) electrons. The molecule has 0 aromatic carbocycles. The van der Waals surface area contributed by atoms with Crippen molar-refractivity contribution >= 4 is 5.71 Å². The van der Waals surface area contributed by atoms with Crippen LogP contribution in [0.3, 0.4) is 0 Å². The zero-order chi connectivity index (χ0) is 10.4. The average Bonchev–Trinajstić information content (AvgIpc) is 2.57. The van der Waals surface area contributed by atoms with Gasteiger partial charge in [0.25, 0.3) is 0 Å². The molecule has 3 rings (SSSR count). The van der Waals surface area contributed by atoms with Crippen LogP contribution < -0.4 is 5.32 Å². The van der Waals surface area contributed by atoms with Crippen molar-refractivity contribution in [2.45, 2.75) is 50.8 Å². The van der Waals surface area contributed by atoms with E-state index in [0.717, 1.165) is 31.2 Å². The fourth-order valence-corrected chi connectivity index (χ4v) is 3.78. The molecule has 1 saturated carbocycles. The first-order valence-corrected chi connectivity index (χ1v) is 6.21. The molecule has 5 unspecified atom stereocenters. The molecule has 0 aromatic rings. The maximum absolute atomic E-state index is 9.69. The molecule has 15 heavy (non-hydrogen) atoms. The maximum atomic E-state index is 9.69. The Morgan fingerprint density at radius 3 is 3.00 bits per heavy atom. The van der Waals surface area contributed by atoms with Crippen LogP contribution >= 0.6 is 0 Å². The molecule has 3 heteroatoms. The third kappa shape index (κ3) is 1.53. The van der Waals surface area contributed by atoms with E-state index in [0.29, 0.717) is 12.1 Å². The summed E-state index contributed by atoms with van der Waals surface area (Å²) in [5.41, 5.74) is 1.29. The molecule has 3 nitrogen and oxygen atoms in total. The normalized spacial score (nSPS) is 49.5. The fourth-order valence-electron chi connectivity index (χ4n) is 3.78. The molecule has 1 saturated heterocycles. The number of aliphatic hydroxyl groups is 1. The van der Waals surface area contributed by atoms with E-state index in [4.69, 9.17) is 0 Å². The van der Waals surface area contributed by atoms with Crippen molar-refractivity contribution in [3.63, 3.8) is 0 Å². The van der Waals surface area contributed by atoms with Crippen molar-refractivity contribution in [2.75, 3.05) is 6.54 Å². The van der Waals surface area contributed by atoms with Crippen molar-refractivity contribution < 1.29 is 5.11 Å². The van der Waals surface area contributed by atoms with Gasteiger partial charge in [-0.05, 0) is 44.4 Å². The minimum atomic E-state index is -0.0730. The van der Waals surface area contributed by atoms with Gasteiger partial charge in [-0.3, -0.25) is 4.99 Å². The number of nitrogens with zero attached hydrogens (tertiary/aromatic N) is 1. The summed E-state index contributed by atoms with van der Waals surface area (Å²) >= 11 is 0. The lowest BCUT2D eigenvalue weighted by Gasteiger charge is -2.32. The summed E-state index contributed by atoms with van der Waals surface area (Å²) in [7, 11) is 0. The summed E-state index contributed by atoms with van der Waals surface area (Å²) < 4.78 is 0. The SMILES string of the molecule is CC1=NCCC2C1NC1CC(O)CCC12. The minimum Gasteiger partial charge on any atom is -0.393 e. The molecule has 0 amide bonds. The van der Waals surface area contributed by atoms with Gasteiger partial charge in [-0.2, -0.15) is 0 Å². The monoisotopic (exact) mass is 208 g/mol. The third-order valence-corrected chi connectivity index (χ3v) is 4.52. The Hall–Kier alpha value is -0.410. The summed E-state index contributed by atoms with van der Waals surface area (Å²) in [6, 6.07) is 1.06. The van der Waals surface area contributed by atoms with Gasteiger partial charge < -0.3 is 10.4 Å². The molecular weight excluding hydrogens is 188 g/mol. The highest BCUT2D eigenvalue weighted by Gasteiger charge is 2.46. The Balaban J connectivity index is 1.81. The largest absolute Gasteiger partial charge is 0.393 e. The molecule has 0 bridgehead atoms. The fraction of sp³-hybridized carbons (Fsp3) is 0.917. The Kier molecular flexibility index (Phi) is 2.33. The smallest absolute Gasteiger partial charge is 0.0555 e. The van der Waals surface area contributed by atoms with Crippen LogP contribution in [-0.2, 0) is 0 Å². The van der Waals surface area contributed by atoms with Gasteiger partial charge >= 0.3 is 0 Å². The van der Waals surface area contributed by atoms with Crippen LogP contribution in [0.5, 0.6) is 0 Å². The number of rotatable bonds is 0. The maximum Gasteiger partial charge on any atom is 0.0555 e. The summed E-state index contributed by atoms with van der Waals surface area (Å²) in [6.07, 6.45) is 4.32. The van der Waals surface area contributed by atoms with Crippen molar-refractivity contribution in [1.82, 2.24) is 5.32 Å². The van der Waals surface area contributed by atoms with Crippen molar-refractivity contribution in [3.8, 4) is 0 Å². The second kappa shape index (κ2) is 3.56. The predicted molar refractivity (Wildman–Crippen MR) is 60.1 cm³/mol. The lowest BCUT2D eigenvalue weighted by molar-refractivity contribution is 0.0890. The first-order valence-electron chi connectivity index (χ1n) is 6.21. The van der Waals surface area contributed by atoms with Crippen molar-refractivity contribution in [1.29, 1.82) is 0 Å². The Labute approximate surface area is 91.0 Å². The molecule has 0 aromatic heterocycles. The van der Waals surface area contributed by atoms with Gasteiger partial charge in [-0.25, -0.2) is 0 Å². The van der Waals surface area contributed by atoms with Crippen LogP contribution in [-0.4, -0.2) is 35.6 Å². The van der Waals surface area contributed by atoms with Crippen LogP contribution in [0.2, 0.25) is 0 Å². The highest BCUT2D eigenvalue weighted by molar-refractivity contribution is 5.88. The topological polar surface area (TPSA) is 44.6 Å². The van der Waals surface area contributed by atoms with E-state index in [1.807, 2.05) is 0 Å². The second-order valence-corrected chi connectivity index (χ2v) is 5.36. The molecule has 3 aliphatic rings. The number of hydrogen-bond acceptors (Lipinski definition) is 3. The molecule has 2 aliphatic heterocycles. The van der Waals surface area contributed by atoms with Crippen LogP contribution in [0.4, 0.5) is 0 Å². The van der Waals surface area contributed by atoms with Gasteiger partial charge in [-0.1, -0.05) is 0 Å². The Bertz CT molecular complexity index is 289. The van der Waals surface area contributed by atoms with Crippen molar-refractivity contribution in [2.24, 2.45) is 16.8 Å². The van der Waals surface area contributed by atoms with Gasteiger partial charge in [0.2, 0.25) is 0 Å². The zero-order valence-corrected chi connectivity index (χ0v) is 9.32. The van der Waals surface area contributed by atoms with E-state index < -0.39 is 0 Å². The summed E-state index contributed by atoms with van der Waals surface area (Å²) in [4.78, 5) is 4.54. The lowest BCUT2D eigenvalue weighted by atomic mass is 9.75. The number of fused-ring (bicyclic) bond motifs is 3.